The first-order chi connectivity index (χ1) is 8.60. The van der Waals surface area contributed by atoms with Gasteiger partial charge in [-0.25, -0.2) is 0 Å². The second-order valence-electron chi connectivity index (χ2n) is 3.83. The quantitative estimate of drug-likeness (QED) is 0.848. The molecular weight excluding hydrogens is 252 g/mol. The molecule has 0 spiro atoms. The van der Waals surface area contributed by atoms with Crippen molar-refractivity contribution in [3.8, 4) is 5.75 Å². The zero-order chi connectivity index (χ0) is 13.1. The molecule has 0 aliphatic rings. The number of methoxy groups -OCH3 is 1. The monoisotopic (exact) mass is 264 g/mol. The number of benzene rings is 1. The second-order valence-corrected chi connectivity index (χ2v) is 4.27. The highest BCUT2D eigenvalue weighted by molar-refractivity contribution is 6.31. The largest absolute Gasteiger partial charge is 0.497 e. The summed E-state index contributed by atoms with van der Waals surface area (Å²) in [5.41, 5.74) is 3.07. The van der Waals surface area contributed by atoms with E-state index in [1.165, 1.54) is 0 Å². The maximum absolute atomic E-state index is 5.95. The predicted octanol–water partition coefficient (Wildman–Crippen LogP) is 4.10. The molecule has 18 heavy (non-hydrogen) atoms. The van der Waals surface area contributed by atoms with E-state index in [4.69, 9.17) is 16.3 Å². The molecule has 94 valence electrons. The number of ether oxygens (including phenoxy) is 1. The fourth-order valence-corrected chi connectivity index (χ4v) is 1.74. The molecule has 0 aliphatic heterocycles. The van der Waals surface area contributed by atoms with E-state index >= 15 is 0 Å². The number of aromatic amines is 1. The number of hydrogen-bond donors (Lipinski definition) is 1. The third-order valence-corrected chi connectivity index (χ3v) is 2.66. The molecule has 0 amide bonds. The molecular formula is C12H13ClN4O. The average Bonchev–Trinajstić information content (AvgIpc) is 2.66. The number of hydrogen-bond acceptors (Lipinski definition) is 4. The van der Waals surface area contributed by atoms with Crippen molar-refractivity contribution in [2.24, 2.45) is 10.2 Å². The van der Waals surface area contributed by atoms with E-state index in [0.29, 0.717) is 16.5 Å². The van der Waals surface area contributed by atoms with Gasteiger partial charge in [-0.1, -0.05) is 11.6 Å². The molecule has 6 heteroatoms. The van der Waals surface area contributed by atoms with Crippen molar-refractivity contribution in [3.05, 3.63) is 34.6 Å². The van der Waals surface area contributed by atoms with Gasteiger partial charge in [0.15, 0.2) is 0 Å². The van der Waals surface area contributed by atoms with E-state index in [9.17, 15) is 0 Å². The zero-order valence-corrected chi connectivity index (χ0v) is 11.1. The number of azo groups is 1. The first-order valence-electron chi connectivity index (χ1n) is 5.38. The summed E-state index contributed by atoms with van der Waals surface area (Å²) in [5.74, 6) is 0.650. The second kappa shape index (κ2) is 5.18. The van der Waals surface area contributed by atoms with E-state index in [-0.39, 0.29) is 0 Å². The Morgan fingerprint density at radius 2 is 2.00 bits per heavy atom. The fourth-order valence-electron chi connectivity index (χ4n) is 1.52. The van der Waals surface area contributed by atoms with Gasteiger partial charge >= 0.3 is 0 Å². The minimum absolute atomic E-state index is 0.559. The molecule has 0 aliphatic carbocycles. The van der Waals surface area contributed by atoms with Crippen molar-refractivity contribution < 1.29 is 4.74 Å². The number of halogens is 1. The van der Waals surface area contributed by atoms with Crippen LogP contribution in [0.3, 0.4) is 0 Å². The number of aromatic nitrogens is 2. The van der Waals surface area contributed by atoms with E-state index in [1.807, 2.05) is 13.8 Å². The van der Waals surface area contributed by atoms with Crippen molar-refractivity contribution in [3.63, 3.8) is 0 Å². The summed E-state index contributed by atoms with van der Waals surface area (Å²) in [6.45, 7) is 3.77. The summed E-state index contributed by atoms with van der Waals surface area (Å²) in [6, 6.07) is 5.20. The van der Waals surface area contributed by atoms with Crippen molar-refractivity contribution >= 4 is 23.0 Å². The molecule has 0 fully saturated rings. The predicted molar refractivity (Wildman–Crippen MR) is 70.2 cm³/mol. The Bertz CT molecular complexity index is 572. The van der Waals surface area contributed by atoms with Crippen molar-refractivity contribution in [2.45, 2.75) is 13.8 Å². The zero-order valence-electron chi connectivity index (χ0n) is 10.4. The topological polar surface area (TPSA) is 62.6 Å². The Hall–Kier alpha value is -1.88. The molecule has 0 unspecified atom stereocenters. The van der Waals surface area contributed by atoms with E-state index < -0.39 is 0 Å². The first kappa shape index (κ1) is 12.6. The van der Waals surface area contributed by atoms with Gasteiger partial charge in [0.25, 0.3) is 0 Å². The summed E-state index contributed by atoms with van der Waals surface area (Å²) >= 11 is 5.95. The molecule has 0 saturated carbocycles. The Balaban J connectivity index is 2.31. The van der Waals surface area contributed by atoms with E-state index in [1.54, 1.807) is 25.3 Å². The van der Waals surface area contributed by atoms with Crippen LogP contribution in [-0.2, 0) is 0 Å². The Morgan fingerprint density at radius 1 is 1.22 bits per heavy atom. The summed E-state index contributed by atoms with van der Waals surface area (Å²) < 4.78 is 5.12. The normalized spacial score (nSPS) is 11.1. The molecule has 0 saturated heterocycles. The standard InChI is InChI=1S/C12H13ClN4O/c1-7-12(8(2)15-14-7)17-16-10-4-9(13)5-11(6-10)18-3/h4-6H,1-3H3,(H,14,15). The molecule has 2 rings (SSSR count). The lowest BCUT2D eigenvalue weighted by Crippen LogP contribution is -1.81. The summed E-state index contributed by atoms with van der Waals surface area (Å²) in [7, 11) is 1.58. The summed E-state index contributed by atoms with van der Waals surface area (Å²) in [6.07, 6.45) is 0. The van der Waals surface area contributed by atoms with E-state index in [0.717, 1.165) is 17.1 Å². The Labute approximate surface area is 110 Å². The van der Waals surface area contributed by atoms with Crippen LogP contribution in [0.15, 0.2) is 28.4 Å². The number of H-pyrrole nitrogens is 1. The van der Waals surface area contributed by atoms with Gasteiger partial charge in [-0.3, -0.25) is 5.10 Å². The lowest BCUT2D eigenvalue weighted by Gasteiger charge is -2.01. The van der Waals surface area contributed by atoms with Crippen LogP contribution in [-0.4, -0.2) is 17.3 Å². The van der Waals surface area contributed by atoms with Crippen LogP contribution >= 0.6 is 11.6 Å². The molecule has 0 atom stereocenters. The molecule has 5 nitrogen and oxygen atoms in total. The van der Waals surface area contributed by atoms with Crippen LogP contribution in [0, 0.1) is 13.8 Å². The van der Waals surface area contributed by atoms with Crippen LogP contribution in [0.1, 0.15) is 11.4 Å². The number of nitrogens with zero attached hydrogens (tertiary/aromatic N) is 3. The van der Waals surface area contributed by atoms with Gasteiger partial charge in [0, 0.05) is 11.1 Å². The number of nitrogens with one attached hydrogen (secondary N) is 1. The third-order valence-electron chi connectivity index (χ3n) is 2.45. The minimum atomic E-state index is 0.559. The van der Waals surface area contributed by atoms with Gasteiger partial charge < -0.3 is 4.74 Å². The lowest BCUT2D eigenvalue weighted by molar-refractivity contribution is 0.415. The van der Waals surface area contributed by atoms with Crippen LogP contribution in [0.25, 0.3) is 0 Å². The number of aryl methyl sites for hydroxylation is 2. The molecule has 1 aromatic heterocycles. The third kappa shape index (κ3) is 2.68. The van der Waals surface area contributed by atoms with Gasteiger partial charge in [-0.05, 0) is 26.0 Å². The highest BCUT2D eigenvalue weighted by Crippen LogP contribution is 2.28. The molecule has 0 radical (unpaired) electrons. The summed E-state index contributed by atoms with van der Waals surface area (Å²) in [5, 5.41) is 15.8. The van der Waals surface area contributed by atoms with Gasteiger partial charge in [0.1, 0.15) is 11.4 Å². The van der Waals surface area contributed by atoms with Gasteiger partial charge in [-0.2, -0.15) is 10.2 Å². The SMILES string of the molecule is COc1cc(Cl)cc(N=Nc2c(C)n[nH]c2C)c1. The lowest BCUT2D eigenvalue weighted by atomic mass is 10.3. The summed E-state index contributed by atoms with van der Waals surface area (Å²) in [4.78, 5) is 0. The molecule has 0 bridgehead atoms. The Morgan fingerprint density at radius 3 is 2.61 bits per heavy atom. The highest BCUT2D eigenvalue weighted by atomic mass is 35.5. The van der Waals surface area contributed by atoms with Crippen LogP contribution in [0.2, 0.25) is 5.02 Å². The molecule has 1 N–H and O–H groups in total. The van der Waals surface area contributed by atoms with Gasteiger partial charge in [0.05, 0.1) is 24.2 Å². The van der Waals surface area contributed by atoms with Gasteiger partial charge in [0.2, 0.25) is 0 Å². The molecule has 1 aromatic carbocycles. The van der Waals surface area contributed by atoms with Crippen LogP contribution < -0.4 is 4.74 Å². The molecule has 2 aromatic rings. The van der Waals surface area contributed by atoms with Crippen LogP contribution in [0.4, 0.5) is 11.4 Å². The van der Waals surface area contributed by atoms with Crippen LogP contribution in [0.5, 0.6) is 5.75 Å². The fraction of sp³-hybridized carbons (Fsp3) is 0.250. The highest BCUT2D eigenvalue weighted by Gasteiger charge is 2.05. The van der Waals surface area contributed by atoms with Crippen molar-refractivity contribution in [2.75, 3.05) is 7.11 Å². The smallest absolute Gasteiger partial charge is 0.129 e. The maximum Gasteiger partial charge on any atom is 0.129 e. The van der Waals surface area contributed by atoms with E-state index in [2.05, 4.69) is 20.4 Å². The maximum atomic E-state index is 5.95. The number of rotatable bonds is 3. The molecule has 1 heterocycles. The minimum Gasteiger partial charge on any atom is -0.497 e. The Kier molecular flexibility index (Phi) is 3.62. The van der Waals surface area contributed by atoms with Gasteiger partial charge in [-0.15, -0.1) is 5.11 Å². The van der Waals surface area contributed by atoms with Crippen molar-refractivity contribution in [1.82, 2.24) is 10.2 Å². The first-order valence-corrected chi connectivity index (χ1v) is 5.76. The average molecular weight is 265 g/mol. The van der Waals surface area contributed by atoms with Crippen molar-refractivity contribution in [1.29, 1.82) is 0 Å².